The van der Waals surface area contributed by atoms with Crippen LogP contribution < -0.4 is 10.5 Å². The number of hydrogen-bond acceptors (Lipinski definition) is 4. The Balaban J connectivity index is 1.60. The molecule has 0 saturated carbocycles. The van der Waals surface area contributed by atoms with Crippen LogP contribution in [0.2, 0.25) is 0 Å². The molecule has 3 aromatic carbocycles. The number of nitrogens with two attached hydrogens (primary N) is 1. The lowest BCUT2D eigenvalue weighted by Gasteiger charge is -2.09. The molecule has 0 bridgehead atoms. The van der Waals surface area contributed by atoms with E-state index in [2.05, 4.69) is 18.2 Å². The van der Waals surface area contributed by atoms with Crippen LogP contribution in [0.25, 0.3) is 22.1 Å². The van der Waals surface area contributed by atoms with Crippen molar-refractivity contribution in [2.75, 3.05) is 0 Å². The Labute approximate surface area is 169 Å². The van der Waals surface area contributed by atoms with Gasteiger partial charge in [-0.05, 0) is 41.3 Å². The number of aldehydes is 1. The number of para-hydroxylation sites is 2. The van der Waals surface area contributed by atoms with E-state index in [1.54, 1.807) is 0 Å². The molecule has 146 valence electrons. The zero-order valence-corrected chi connectivity index (χ0v) is 16.1. The summed E-state index contributed by atoms with van der Waals surface area (Å²) in [6.07, 6.45) is 2.08. The summed E-state index contributed by atoms with van der Waals surface area (Å²) in [6.45, 7) is 0.833. The Kier molecular flexibility index (Phi) is 5.73. The van der Waals surface area contributed by atoms with Gasteiger partial charge in [-0.1, -0.05) is 54.6 Å². The Bertz CT molecular complexity index is 1130. The predicted molar refractivity (Wildman–Crippen MR) is 115 cm³/mol. The second kappa shape index (κ2) is 8.76. The summed E-state index contributed by atoms with van der Waals surface area (Å²) in [6, 6.07) is 24.1. The van der Waals surface area contributed by atoms with Gasteiger partial charge in [0.15, 0.2) is 0 Å². The minimum Gasteiger partial charge on any atom is -0.485 e. The van der Waals surface area contributed by atoms with Crippen LogP contribution in [0.15, 0.2) is 77.2 Å². The number of furan rings is 1. The van der Waals surface area contributed by atoms with E-state index >= 15 is 0 Å². The second-order valence-electron chi connectivity index (χ2n) is 6.94. The molecular formula is C25H23NO3. The number of carbonyl (C=O) groups is 1. The molecule has 0 aliphatic heterocycles. The van der Waals surface area contributed by atoms with Gasteiger partial charge in [0.1, 0.15) is 30.0 Å². The summed E-state index contributed by atoms with van der Waals surface area (Å²) in [4.78, 5) is 10.7. The highest BCUT2D eigenvalue weighted by molar-refractivity contribution is 5.92. The van der Waals surface area contributed by atoms with Gasteiger partial charge in [0.2, 0.25) is 0 Å². The lowest BCUT2D eigenvalue weighted by molar-refractivity contribution is -0.107. The highest BCUT2D eigenvalue weighted by atomic mass is 16.5. The van der Waals surface area contributed by atoms with Gasteiger partial charge in [0.05, 0.1) is 0 Å². The summed E-state index contributed by atoms with van der Waals surface area (Å²) in [7, 11) is 0. The largest absolute Gasteiger partial charge is 0.485 e. The van der Waals surface area contributed by atoms with E-state index in [9.17, 15) is 4.79 Å². The van der Waals surface area contributed by atoms with Gasteiger partial charge in [-0.3, -0.25) is 0 Å². The molecule has 1 aromatic heterocycles. The standard InChI is InChI=1S/C25H23NO3/c26-16-18-6-3-8-20(14-18)23-11-4-9-21-15-22(29-25(21)23)17-28-24-12-2-1-7-19(24)10-5-13-27/h1-4,6-9,11-15H,5,10,16-17,26H2. The number of carbonyl (C=O) groups excluding carboxylic acids is 1. The van der Waals surface area contributed by atoms with Crippen LogP contribution in [0.1, 0.15) is 23.3 Å². The Morgan fingerprint density at radius 2 is 1.83 bits per heavy atom. The minimum atomic E-state index is 0.328. The molecule has 1 heterocycles. The lowest BCUT2D eigenvalue weighted by Crippen LogP contribution is -1.98. The van der Waals surface area contributed by atoms with Gasteiger partial charge in [-0.25, -0.2) is 0 Å². The average molecular weight is 385 g/mol. The van der Waals surface area contributed by atoms with Crippen molar-refractivity contribution in [3.63, 3.8) is 0 Å². The fourth-order valence-corrected chi connectivity index (χ4v) is 3.50. The summed E-state index contributed by atoms with van der Waals surface area (Å²) >= 11 is 0. The molecule has 4 aromatic rings. The minimum absolute atomic E-state index is 0.328. The number of benzene rings is 3. The Morgan fingerprint density at radius 1 is 0.966 bits per heavy atom. The molecule has 0 aliphatic carbocycles. The first-order valence-electron chi connectivity index (χ1n) is 9.73. The maximum atomic E-state index is 10.7. The SMILES string of the molecule is NCc1cccc(-c2cccc3cc(COc4ccccc4CCC=O)oc23)c1. The number of rotatable bonds is 8. The van der Waals surface area contributed by atoms with E-state index in [0.717, 1.165) is 51.0 Å². The summed E-state index contributed by atoms with van der Waals surface area (Å²) < 4.78 is 12.2. The summed E-state index contributed by atoms with van der Waals surface area (Å²) in [5.41, 5.74) is 10.9. The molecule has 0 fully saturated rings. The Morgan fingerprint density at radius 3 is 2.69 bits per heavy atom. The van der Waals surface area contributed by atoms with Crippen molar-refractivity contribution >= 4 is 17.3 Å². The van der Waals surface area contributed by atoms with Crippen molar-refractivity contribution in [3.8, 4) is 16.9 Å². The first-order valence-corrected chi connectivity index (χ1v) is 9.73. The van der Waals surface area contributed by atoms with Crippen LogP contribution in [0.5, 0.6) is 5.75 Å². The number of aryl methyl sites for hydroxylation is 1. The molecule has 29 heavy (non-hydrogen) atoms. The maximum absolute atomic E-state index is 10.7. The molecule has 0 spiro atoms. The molecule has 0 radical (unpaired) electrons. The smallest absolute Gasteiger partial charge is 0.146 e. The summed E-state index contributed by atoms with van der Waals surface area (Å²) in [5, 5.41) is 1.04. The van der Waals surface area contributed by atoms with Crippen LogP contribution >= 0.6 is 0 Å². The molecule has 4 rings (SSSR count). The highest BCUT2D eigenvalue weighted by Gasteiger charge is 2.11. The van der Waals surface area contributed by atoms with Crippen LogP contribution in [0.3, 0.4) is 0 Å². The van der Waals surface area contributed by atoms with Crippen molar-refractivity contribution in [3.05, 3.63) is 89.7 Å². The fraction of sp³-hybridized carbons (Fsp3) is 0.160. The van der Waals surface area contributed by atoms with Crippen molar-refractivity contribution in [2.24, 2.45) is 5.73 Å². The van der Waals surface area contributed by atoms with Crippen molar-refractivity contribution < 1.29 is 13.9 Å². The van der Waals surface area contributed by atoms with Crippen molar-refractivity contribution in [1.29, 1.82) is 0 Å². The van der Waals surface area contributed by atoms with Crippen molar-refractivity contribution in [1.82, 2.24) is 0 Å². The van der Waals surface area contributed by atoms with Gasteiger partial charge in [-0.2, -0.15) is 0 Å². The van der Waals surface area contributed by atoms with Crippen LogP contribution in [0.4, 0.5) is 0 Å². The number of hydrogen-bond donors (Lipinski definition) is 1. The third-order valence-electron chi connectivity index (χ3n) is 4.94. The zero-order valence-electron chi connectivity index (χ0n) is 16.1. The zero-order chi connectivity index (χ0) is 20.1. The van der Waals surface area contributed by atoms with E-state index < -0.39 is 0 Å². The third kappa shape index (κ3) is 4.23. The first-order chi connectivity index (χ1) is 14.3. The molecule has 0 unspecified atom stereocenters. The predicted octanol–water partition coefficient (Wildman–Crippen LogP) is 5.27. The normalized spacial score (nSPS) is 10.9. The molecular weight excluding hydrogens is 362 g/mol. The Hall–Kier alpha value is -3.37. The van der Waals surface area contributed by atoms with Crippen LogP contribution in [-0.4, -0.2) is 6.29 Å². The van der Waals surface area contributed by atoms with E-state index in [1.807, 2.05) is 54.6 Å². The average Bonchev–Trinajstić information content (AvgIpc) is 3.20. The monoisotopic (exact) mass is 385 g/mol. The number of ether oxygens (including phenoxy) is 1. The molecule has 0 saturated heterocycles. The quantitative estimate of drug-likeness (QED) is 0.420. The molecule has 0 atom stereocenters. The van der Waals surface area contributed by atoms with Crippen LogP contribution in [-0.2, 0) is 24.4 Å². The van der Waals surface area contributed by atoms with E-state index in [4.69, 9.17) is 14.9 Å². The fourth-order valence-electron chi connectivity index (χ4n) is 3.50. The van der Waals surface area contributed by atoms with E-state index in [-0.39, 0.29) is 0 Å². The highest BCUT2D eigenvalue weighted by Crippen LogP contribution is 2.32. The molecule has 4 nitrogen and oxygen atoms in total. The van der Waals surface area contributed by atoms with Gasteiger partial charge in [-0.15, -0.1) is 0 Å². The molecule has 0 aliphatic rings. The second-order valence-corrected chi connectivity index (χ2v) is 6.94. The van der Waals surface area contributed by atoms with Gasteiger partial charge in [0.25, 0.3) is 0 Å². The van der Waals surface area contributed by atoms with Gasteiger partial charge >= 0.3 is 0 Å². The summed E-state index contributed by atoms with van der Waals surface area (Å²) in [5.74, 6) is 1.54. The van der Waals surface area contributed by atoms with Crippen molar-refractivity contribution in [2.45, 2.75) is 26.0 Å². The van der Waals surface area contributed by atoms with E-state index in [1.165, 1.54) is 0 Å². The third-order valence-corrected chi connectivity index (χ3v) is 4.94. The maximum Gasteiger partial charge on any atom is 0.146 e. The molecule has 0 amide bonds. The van der Waals surface area contributed by atoms with E-state index in [0.29, 0.717) is 26.0 Å². The first kappa shape index (κ1) is 19.0. The van der Waals surface area contributed by atoms with Crippen LogP contribution in [0, 0.1) is 0 Å². The van der Waals surface area contributed by atoms with Gasteiger partial charge < -0.3 is 19.7 Å². The topological polar surface area (TPSA) is 65.5 Å². The number of fused-ring (bicyclic) bond motifs is 1. The lowest BCUT2D eigenvalue weighted by atomic mass is 10.0. The van der Waals surface area contributed by atoms with Gasteiger partial charge in [0, 0.05) is 23.9 Å². The molecule has 4 heteroatoms. The molecule has 2 N–H and O–H groups in total.